The molecule has 0 amide bonds. The fourth-order valence-electron chi connectivity index (χ4n) is 1.15. The van der Waals surface area contributed by atoms with Crippen LogP contribution >= 0.6 is 0 Å². The van der Waals surface area contributed by atoms with Crippen molar-refractivity contribution in [1.29, 1.82) is 0 Å². The number of hydrogen-bond acceptors (Lipinski definition) is 3. The third-order valence-corrected chi connectivity index (χ3v) is 2.10. The molecule has 0 saturated carbocycles. The van der Waals surface area contributed by atoms with Gasteiger partial charge >= 0.3 is 11.9 Å². The average molecular weight is 217 g/mol. The molecular weight excluding hydrogens is 198 g/mol. The zero-order chi connectivity index (χ0) is 12.0. The minimum Gasteiger partial charge on any atom is -0.481 e. The highest BCUT2D eigenvalue weighted by Crippen LogP contribution is 2.05. The summed E-state index contributed by atoms with van der Waals surface area (Å²) in [5.74, 6) is -2.16. The van der Waals surface area contributed by atoms with E-state index in [4.69, 9.17) is 10.2 Å². The van der Waals surface area contributed by atoms with Crippen molar-refractivity contribution in [2.75, 3.05) is 6.54 Å². The fraction of sp³-hybridized carbons (Fsp3) is 0.800. The first-order valence-electron chi connectivity index (χ1n) is 5.03. The minimum absolute atomic E-state index is 0.180. The molecule has 5 heteroatoms. The second-order valence-electron chi connectivity index (χ2n) is 4.17. The highest BCUT2D eigenvalue weighted by molar-refractivity contribution is 5.74. The van der Waals surface area contributed by atoms with Gasteiger partial charge in [-0.05, 0) is 12.3 Å². The third-order valence-electron chi connectivity index (χ3n) is 2.10. The van der Waals surface area contributed by atoms with Gasteiger partial charge in [0.2, 0.25) is 0 Å². The van der Waals surface area contributed by atoms with Crippen LogP contribution in [0.5, 0.6) is 0 Å². The van der Waals surface area contributed by atoms with Gasteiger partial charge in [-0.2, -0.15) is 0 Å². The SMILES string of the molecule is CC(C)CC(NCC(C)C(=O)O)C(=O)O. The Hall–Kier alpha value is -1.10. The van der Waals surface area contributed by atoms with Crippen LogP contribution in [0.4, 0.5) is 0 Å². The maximum Gasteiger partial charge on any atom is 0.320 e. The standard InChI is InChI=1S/C10H19NO4/c1-6(2)4-8(10(14)15)11-5-7(3)9(12)13/h6-8,11H,4-5H2,1-3H3,(H,12,13)(H,14,15). The summed E-state index contributed by atoms with van der Waals surface area (Å²) in [5.41, 5.74) is 0. The number of aliphatic carboxylic acids is 2. The second kappa shape index (κ2) is 6.40. The topological polar surface area (TPSA) is 86.6 Å². The number of nitrogens with one attached hydrogen (secondary N) is 1. The van der Waals surface area contributed by atoms with Crippen LogP contribution in [0.1, 0.15) is 27.2 Å². The summed E-state index contributed by atoms with van der Waals surface area (Å²) in [4.78, 5) is 21.3. The van der Waals surface area contributed by atoms with Crippen molar-refractivity contribution in [3.63, 3.8) is 0 Å². The van der Waals surface area contributed by atoms with Crippen LogP contribution in [-0.2, 0) is 9.59 Å². The summed E-state index contributed by atoms with van der Waals surface area (Å²) in [6.45, 7) is 5.58. The van der Waals surface area contributed by atoms with Crippen LogP contribution in [-0.4, -0.2) is 34.7 Å². The molecule has 0 spiro atoms. The Bertz CT molecular complexity index is 227. The minimum atomic E-state index is -0.929. The molecule has 0 aliphatic carbocycles. The highest BCUT2D eigenvalue weighted by Gasteiger charge is 2.20. The molecule has 88 valence electrons. The van der Waals surface area contributed by atoms with Crippen molar-refractivity contribution in [2.24, 2.45) is 11.8 Å². The zero-order valence-corrected chi connectivity index (χ0v) is 9.36. The van der Waals surface area contributed by atoms with Gasteiger partial charge in [0.1, 0.15) is 6.04 Å². The van der Waals surface area contributed by atoms with Crippen molar-refractivity contribution >= 4 is 11.9 Å². The maximum absolute atomic E-state index is 10.8. The molecule has 5 nitrogen and oxygen atoms in total. The van der Waals surface area contributed by atoms with Gasteiger partial charge in [0.15, 0.2) is 0 Å². The number of hydrogen-bond donors (Lipinski definition) is 3. The van der Waals surface area contributed by atoms with E-state index in [9.17, 15) is 9.59 Å². The summed E-state index contributed by atoms with van der Waals surface area (Å²) in [5, 5.41) is 20.2. The normalized spacial score (nSPS) is 14.9. The van der Waals surface area contributed by atoms with E-state index < -0.39 is 23.9 Å². The first kappa shape index (κ1) is 13.9. The van der Waals surface area contributed by atoms with E-state index in [0.29, 0.717) is 6.42 Å². The molecule has 0 fully saturated rings. The van der Waals surface area contributed by atoms with Crippen molar-refractivity contribution in [3.8, 4) is 0 Å². The van der Waals surface area contributed by atoms with Gasteiger partial charge in [-0.1, -0.05) is 20.8 Å². The Morgan fingerprint density at radius 2 is 1.67 bits per heavy atom. The number of carboxylic acids is 2. The Labute approximate surface area is 89.5 Å². The van der Waals surface area contributed by atoms with Gasteiger partial charge in [-0.3, -0.25) is 9.59 Å². The summed E-state index contributed by atoms with van der Waals surface area (Å²) < 4.78 is 0. The molecule has 0 radical (unpaired) electrons. The van der Waals surface area contributed by atoms with E-state index in [1.807, 2.05) is 13.8 Å². The lowest BCUT2D eigenvalue weighted by molar-refractivity contribution is -0.143. The largest absolute Gasteiger partial charge is 0.481 e. The second-order valence-corrected chi connectivity index (χ2v) is 4.17. The molecule has 2 unspecified atom stereocenters. The molecule has 15 heavy (non-hydrogen) atoms. The Balaban J connectivity index is 4.07. The Morgan fingerprint density at radius 3 is 2.00 bits per heavy atom. The quantitative estimate of drug-likeness (QED) is 0.587. The average Bonchev–Trinajstić information content (AvgIpc) is 2.10. The summed E-state index contributed by atoms with van der Waals surface area (Å²) >= 11 is 0. The van der Waals surface area contributed by atoms with Crippen LogP contribution in [0, 0.1) is 11.8 Å². The molecule has 2 atom stereocenters. The molecule has 0 saturated heterocycles. The maximum atomic E-state index is 10.8. The van der Waals surface area contributed by atoms with Gasteiger partial charge in [0, 0.05) is 6.54 Å². The van der Waals surface area contributed by atoms with Crippen LogP contribution in [0.3, 0.4) is 0 Å². The number of rotatable bonds is 7. The first-order chi connectivity index (χ1) is 6.84. The molecule has 0 aliphatic rings. The molecule has 0 aromatic heterocycles. The molecule has 0 rings (SSSR count). The monoisotopic (exact) mass is 217 g/mol. The molecule has 0 heterocycles. The van der Waals surface area contributed by atoms with Crippen molar-refractivity contribution in [2.45, 2.75) is 33.2 Å². The third kappa shape index (κ3) is 6.06. The molecule has 0 aromatic carbocycles. The van der Waals surface area contributed by atoms with E-state index in [1.54, 1.807) is 6.92 Å². The Morgan fingerprint density at radius 1 is 1.13 bits per heavy atom. The van der Waals surface area contributed by atoms with Crippen molar-refractivity contribution in [3.05, 3.63) is 0 Å². The van der Waals surface area contributed by atoms with Crippen LogP contribution < -0.4 is 5.32 Å². The molecule has 0 bridgehead atoms. The van der Waals surface area contributed by atoms with Gasteiger partial charge in [0.25, 0.3) is 0 Å². The lowest BCUT2D eigenvalue weighted by Crippen LogP contribution is -2.41. The van der Waals surface area contributed by atoms with E-state index in [-0.39, 0.29) is 12.5 Å². The summed E-state index contributed by atoms with van der Waals surface area (Å²) in [6, 6.07) is -0.660. The summed E-state index contributed by atoms with van der Waals surface area (Å²) in [7, 11) is 0. The van der Waals surface area contributed by atoms with Gasteiger partial charge in [-0.15, -0.1) is 0 Å². The van der Waals surface area contributed by atoms with Gasteiger partial charge < -0.3 is 15.5 Å². The van der Waals surface area contributed by atoms with E-state index >= 15 is 0 Å². The predicted octanol–water partition coefficient (Wildman–Crippen LogP) is 0.796. The van der Waals surface area contributed by atoms with E-state index in [1.165, 1.54) is 0 Å². The smallest absolute Gasteiger partial charge is 0.320 e. The van der Waals surface area contributed by atoms with E-state index in [2.05, 4.69) is 5.32 Å². The van der Waals surface area contributed by atoms with Crippen LogP contribution in [0.25, 0.3) is 0 Å². The number of carboxylic acid groups (broad SMARTS) is 2. The van der Waals surface area contributed by atoms with Crippen molar-refractivity contribution in [1.82, 2.24) is 5.32 Å². The fourth-order valence-corrected chi connectivity index (χ4v) is 1.15. The lowest BCUT2D eigenvalue weighted by Gasteiger charge is -2.17. The molecular formula is C10H19NO4. The van der Waals surface area contributed by atoms with Gasteiger partial charge in [0.05, 0.1) is 5.92 Å². The van der Waals surface area contributed by atoms with E-state index in [0.717, 1.165) is 0 Å². The predicted molar refractivity (Wildman–Crippen MR) is 55.7 cm³/mol. The molecule has 3 N–H and O–H groups in total. The first-order valence-corrected chi connectivity index (χ1v) is 5.03. The zero-order valence-electron chi connectivity index (χ0n) is 9.36. The lowest BCUT2D eigenvalue weighted by atomic mass is 10.0. The van der Waals surface area contributed by atoms with Gasteiger partial charge in [-0.25, -0.2) is 0 Å². The highest BCUT2D eigenvalue weighted by atomic mass is 16.4. The summed E-state index contributed by atoms with van der Waals surface area (Å²) in [6.07, 6.45) is 0.502. The molecule has 0 aromatic rings. The number of carbonyl (C=O) groups is 2. The molecule has 0 aliphatic heterocycles. The van der Waals surface area contributed by atoms with Crippen molar-refractivity contribution < 1.29 is 19.8 Å². The van der Waals surface area contributed by atoms with Crippen LogP contribution in [0.15, 0.2) is 0 Å². The Kier molecular flexibility index (Phi) is 5.93. The van der Waals surface area contributed by atoms with Crippen LogP contribution in [0.2, 0.25) is 0 Å².